The van der Waals surface area contributed by atoms with E-state index in [0.29, 0.717) is 0 Å². The Labute approximate surface area is 149 Å². The summed E-state index contributed by atoms with van der Waals surface area (Å²) in [6, 6.07) is 11.9. The first-order chi connectivity index (χ1) is 11.1. The average molecular weight is 460 g/mol. The van der Waals surface area contributed by atoms with E-state index < -0.39 is 10.4 Å². The minimum absolute atomic E-state index is 0.104. The summed E-state index contributed by atoms with van der Waals surface area (Å²) < 4.78 is 35.4. The topological polar surface area (TPSA) is 112 Å². The number of benzene rings is 2. The fourth-order valence-corrected chi connectivity index (χ4v) is 5.30. The van der Waals surface area contributed by atoms with Gasteiger partial charge in [-0.25, -0.2) is 8.42 Å². The Bertz CT molecular complexity index is 864. The summed E-state index contributed by atoms with van der Waals surface area (Å²) in [4.78, 5) is 22.9. The Balaban J connectivity index is 0.000000368. The minimum atomic E-state index is -4.92. The van der Waals surface area contributed by atoms with E-state index in [1.54, 1.807) is 13.8 Å². The van der Waals surface area contributed by atoms with Crippen LogP contribution in [0, 0.1) is 7.14 Å². The molecule has 8 heteroatoms. The Hall–Kier alpha value is -1.62. The van der Waals surface area contributed by atoms with Crippen molar-refractivity contribution < 1.29 is 48.3 Å². The molecule has 0 saturated carbocycles. The number of carbonyl (C=O) groups is 2. The molecule has 0 radical (unpaired) electrons. The lowest BCUT2D eigenvalue weighted by molar-refractivity contribution is -0.589. The van der Waals surface area contributed by atoms with Crippen LogP contribution in [0.4, 0.5) is 0 Å². The SMILES string of the molecule is CC(=O)c1ccc2c(c1)[I+]c1cc(C(C)=O)ccc1-2.O=S(=O)([O-])O. The zero-order valence-corrected chi connectivity index (χ0v) is 15.7. The second-order valence-corrected chi connectivity index (χ2v) is 8.74. The second kappa shape index (κ2) is 7.09. The summed E-state index contributed by atoms with van der Waals surface area (Å²) in [5.41, 5.74) is 4.00. The third kappa shape index (κ3) is 4.69. The maximum absolute atomic E-state index is 11.4. The van der Waals surface area contributed by atoms with Crippen molar-refractivity contribution in [2.24, 2.45) is 0 Å². The first-order valence-corrected chi connectivity index (χ1v) is 10.2. The van der Waals surface area contributed by atoms with Gasteiger partial charge in [-0.1, -0.05) is 12.1 Å². The van der Waals surface area contributed by atoms with Crippen LogP contribution in [-0.4, -0.2) is 29.1 Å². The van der Waals surface area contributed by atoms with Crippen LogP contribution >= 0.6 is 0 Å². The number of hydrogen-bond donors (Lipinski definition) is 1. The molecule has 2 aromatic rings. The first-order valence-electron chi connectivity index (χ1n) is 6.69. The van der Waals surface area contributed by atoms with Crippen molar-refractivity contribution >= 4 is 22.0 Å². The molecule has 0 bridgehead atoms. The highest BCUT2D eigenvalue weighted by atomic mass is 127. The van der Waals surface area contributed by atoms with Gasteiger partial charge in [0.15, 0.2) is 11.6 Å². The summed E-state index contributed by atoms with van der Waals surface area (Å²) in [6.45, 7) is 3.19. The van der Waals surface area contributed by atoms with Gasteiger partial charge in [0.05, 0.1) is 0 Å². The monoisotopic (exact) mass is 460 g/mol. The number of halogens is 1. The van der Waals surface area contributed by atoms with Crippen molar-refractivity contribution in [2.75, 3.05) is 0 Å². The Morgan fingerprint density at radius 3 is 1.54 bits per heavy atom. The zero-order chi connectivity index (χ0) is 18.1. The lowest BCUT2D eigenvalue weighted by Crippen LogP contribution is -3.61. The van der Waals surface area contributed by atoms with E-state index in [4.69, 9.17) is 17.5 Å². The molecule has 0 unspecified atom stereocenters. The van der Waals surface area contributed by atoms with Crippen LogP contribution in [0.1, 0.15) is 34.6 Å². The van der Waals surface area contributed by atoms with Crippen molar-refractivity contribution in [3.05, 3.63) is 54.7 Å². The van der Waals surface area contributed by atoms with E-state index in [9.17, 15) is 9.59 Å². The van der Waals surface area contributed by atoms with Gasteiger partial charge in [0, 0.05) is 34.4 Å². The normalized spacial score (nSPS) is 11.8. The number of hydrogen-bond acceptors (Lipinski definition) is 5. The summed E-state index contributed by atoms with van der Waals surface area (Å²) in [7, 11) is -4.92. The van der Waals surface area contributed by atoms with Gasteiger partial charge >= 0.3 is 21.2 Å². The molecule has 1 heterocycles. The van der Waals surface area contributed by atoms with Crippen LogP contribution in [0.3, 0.4) is 0 Å². The van der Waals surface area contributed by atoms with Crippen molar-refractivity contribution in [1.82, 2.24) is 0 Å². The van der Waals surface area contributed by atoms with E-state index >= 15 is 0 Å². The maximum Gasteiger partial charge on any atom is 0.359 e. The highest BCUT2D eigenvalue weighted by Gasteiger charge is 2.34. The van der Waals surface area contributed by atoms with Gasteiger partial charge in [0.2, 0.25) is 17.5 Å². The summed E-state index contributed by atoms with van der Waals surface area (Å²) >= 11 is -0.286. The number of rotatable bonds is 2. The molecule has 2 aromatic carbocycles. The van der Waals surface area contributed by atoms with E-state index in [0.717, 1.165) is 11.1 Å². The van der Waals surface area contributed by atoms with Crippen LogP contribution in [0.15, 0.2) is 36.4 Å². The fraction of sp³-hybridized carbons (Fsp3) is 0.125. The number of fused-ring (bicyclic) bond motifs is 3. The number of ketones is 2. The smallest absolute Gasteiger partial charge is 0.359 e. The number of carbonyl (C=O) groups excluding carboxylic acids is 2. The number of Topliss-reactive ketones (excluding diaryl/α,β-unsaturated/α-hetero) is 2. The molecule has 24 heavy (non-hydrogen) atoms. The van der Waals surface area contributed by atoms with Gasteiger partial charge in [0.25, 0.3) is 0 Å². The average Bonchev–Trinajstić information content (AvgIpc) is 2.81. The first kappa shape index (κ1) is 18.7. The zero-order valence-electron chi connectivity index (χ0n) is 12.7. The van der Waals surface area contributed by atoms with Gasteiger partial charge in [0.1, 0.15) is 0 Å². The van der Waals surface area contributed by atoms with Gasteiger partial charge in [-0.2, -0.15) is 0 Å². The highest BCUT2D eigenvalue weighted by Crippen LogP contribution is 2.24. The maximum atomic E-state index is 11.4. The summed E-state index contributed by atoms with van der Waals surface area (Å²) in [6.07, 6.45) is 0. The van der Waals surface area contributed by atoms with Crippen LogP contribution in [0.5, 0.6) is 0 Å². The van der Waals surface area contributed by atoms with Gasteiger partial charge in [-0.15, -0.1) is 0 Å². The highest BCUT2D eigenvalue weighted by molar-refractivity contribution is 7.79. The molecule has 0 fully saturated rings. The van der Waals surface area contributed by atoms with E-state index in [2.05, 4.69) is 0 Å². The largest absolute Gasteiger partial charge is 0.726 e. The summed E-state index contributed by atoms with van der Waals surface area (Å²) in [5.74, 6) is 0.208. The molecule has 0 spiro atoms. The molecule has 0 aromatic heterocycles. The quantitative estimate of drug-likeness (QED) is 0.232. The molecular weight excluding hydrogens is 447 g/mol. The molecule has 1 aliphatic heterocycles. The van der Waals surface area contributed by atoms with E-state index in [1.165, 1.54) is 18.3 Å². The Morgan fingerprint density at radius 1 is 0.917 bits per heavy atom. The molecule has 0 saturated heterocycles. The summed E-state index contributed by atoms with van der Waals surface area (Å²) in [5, 5.41) is 0. The molecule has 0 amide bonds. The van der Waals surface area contributed by atoms with Crippen molar-refractivity contribution in [1.29, 1.82) is 0 Å². The van der Waals surface area contributed by atoms with Crippen LogP contribution in [0.25, 0.3) is 11.1 Å². The Kier molecular flexibility index (Phi) is 5.53. The molecule has 3 rings (SSSR count). The second-order valence-electron chi connectivity index (χ2n) is 5.02. The molecule has 1 aliphatic rings. The van der Waals surface area contributed by atoms with E-state index in [1.807, 2.05) is 36.4 Å². The van der Waals surface area contributed by atoms with Crippen molar-refractivity contribution in [3.63, 3.8) is 0 Å². The van der Waals surface area contributed by atoms with Crippen LogP contribution in [-0.2, 0) is 10.4 Å². The fourth-order valence-electron chi connectivity index (χ4n) is 2.17. The van der Waals surface area contributed by atoms with Gasteiger partial charge in [-0.3, -0.25) is 14.1 Å². The molecule has 0 atom stereocenters. The third-order valence-electron chi connectivity index (χ3n) is 3.24. The van der Waals surface area contributed by atoms with Gasteiger partial charge < -0.3 is 4.55 Å². The molecule has 1 N–H and O–H groups in total. The molecular formula is C16H13IO6S. The standard InChI is InChI=1S/C16H12IO2.H2O4S/c1-9(18)11-3-5-13-14-6-4-12(10(2)19)8-16(14)17-15(13)7-11;1-5(2,3)4/h3-8H,1-2H3;(H2,1,2,3,4)/q+1;/p-1. The molecule has 0 aliphatic carbocycles. The predicted octanol–water partition coefficient (Wildman–Crippen LogP) is -0.795. The minimum Gasteiger partial charge on any atom is -0.726 e. The molecule has 6 nitrogen and oxygen atoms in total. The Morgan fingerprint density at radius 2 is 1.25 bits per heavy atom. The van der Waals surface area contributed by atoms with Crippen molar-refractivity contribution in [2.45, 2.75) is 13.8 Å². The predicted molar refractivity (Wildman–Crippen MR) is 81.6 cm³/mol. The lowest BCUT2D eigenvalue weighted by atomic mass is 10.0. The molecule has 126 valence electrons. The van der Waals surface area contributed by atoms with E-state index in [-0.39, 0.29) is 32.8 Å². The van der Waals surface area contributed by atoms with Crippen molar-refractivity contribution in [3.8, 4) is 11.1 Å². The van der Waals surface area contributed by atoms with Crippen LogP contribution < -0.4 is 21.2 Å². The van der Waals surface area contributed by atoms with Gasteiger partial charge in [-0.05, 0) is 26.0 Å². The third-order valence-corrected chi connectivity index (χ3v) is 6.19. The lowest BCUT2D eigenvalue weighted by Gasteiger charge is -1.98. The van der Waals surface area contributed by atoms with Crippen LogP contribution in [0.2, 0.25) is 0 Å².